The van der Waals surface area contributed by atoms with Gasteiger partial charge in [-0.25, -0.2) is 13.2 Å². The van der Waals surface area contributed by atoms with Gasteiger partial charge in [-0.15, -0.1) is 0 Å². The molecule has 9 heteroatoms. The number of halogens is 3. The van der Waals surface area contributed by atoms with Crippen molar-refractivity contribution in [2.75, 3.05) is 4.31 Å². The number of sulfonamides is 1. The zero-order valence-corrected chi connectivity index (χ0v) is 14.7. The summed E-state index contributed by atoms with van der Waals surface area (Å²) in [7, 11) is -4.39. The third-order valence-electron chi connectivity index (χ3n) is 3.71. The number of rotatable bonds is 5. The molecule has 26 heavy (non-hydrogen) atoms. The standard InChI is InChI=1S/C17H16F3NO4S/c1-11-6-8-15(9-7-11)26(24,25)21(12(2)16(22)23)14-5-3-4-13(10-14)17(18,19)20/h3-10,12H,1-2H3,(H,22,23). The number of hydrogen-bond acceptors (Lipinski definition) is 3. The van der Waals surface area contributed by atoms with Gasteiger partial charge in [0.25, 0.3) is 10.0 Å². The maximum atomic E-state index is 13.0. The van der Waals surface area contributed by atoms with Crippen molar-refractivity contribution in [2.24, 2.45) is 0 Å². The summed E-state index contributed by atoms with van der Waals surface area (Å²) in [6.07, 6.45) is -4.69. The van der Waals surface area contributed by atoms with Crippen molar-refractivity contribution in [1.29, 1.82) is 0 Å². The van der Waals surface area contributed by atoms with Gasteiger partial charge in [0.05, 0.1) is 16.1 Å². The fourth-order valence-electron chi connectivity index (χ4n) is 2.31. The molecule has 0 saturated heterocycles. The number of nitrogens with zero attached hydrogens (tertiary/aromatic N) is 1. The van der Waals surface area contributed by atoms with E-state index in [0.717, 1.165) is 30.7 Å². The van der Waals surface area contributed by atoms with E-state index >= 15 is 0 Å². The lowest BCUT2D eigenvalue weighted by Crippen LogP contribution is -2.43. The van der Waals surface area contributed by atoms with Crippen LogP contribution < -0.4 is 4.31 Å². The molecule has 2 aromatic carbocycles. The van der Waals surface area contributed by atoms with Crippen LogP contribution in [0.3, 0.4) is 0 Å². The van der Waals surface area contributed by atoms with Gasteiger partial charge >= 0.3 is 12.1 Å². The highest BCUT2D eigenvalue weighted by atomic mass is 32.2. The molecule has 5 nitrogen and oxygen atoms in total. The summed E-state index contributed by atoms with van der Waals surface area (Å²) >= 11 is 0. The maximum absolute atomic E-state index is 13.0. The minimum atomic E-state index is -4.69. The number of carboxylic acids is 1. The molecule has 140 valence electrons. The summed E-state index contributed by atoms with van der Waals surface area (Å²) < 4.78 is 65.3. The van der Waals surface area contributed by atoms with Gasteiger partial charge in [-0.3, -0.25) is 4.31 Å². The molecule has 2 rings (SSSR count). The topological polar surface area (TPSA) is 74.7 Å². The van der Waals surface area contributed by atoms with E-state index in [4.69, 9.17) is 0 Å². The number of aliphatic carboxylic acids is 1. The third kappa shape index (κ3) is 3.98. The van der Waals surface area contributed by atoms with Gasteiger partial charge in [0.1, 0.15) is 6.04 Å². The van der Waals surface area contributed by atoms with Crippen LogP contribution in [0.1, 0.15) is 18.1 Å². The van der Waals surface area contributed by atoms with Crippen molar-refractivity contribution in [2.45, 2.75) is 31.0 Å². The van der Waals surface area contributed by atoms with Crippen molar-refractivity contribution in [1.82, 2.24) is 0 Å². The summed E-state index contributed by atoms with van der Waals surface area (Å²) in [4.78, 5) is 11.2. The van der Waals surface area contributed by atoms with Crippen LogP contribution >= 0.6 is 0 Å². The highest BCUT2D eigenvalue weighted by molar-refractivity contribution is 7.92. The highest BCUT2D eigenvalue weighted by Crippen LogP contribution is 2.34. The molecule has 0 bridgehead atoms. The fraction of sp³-hybridized carbons (Fsp3) is 0.235. The van der Waals surface area contributed by atoms with Crippen LogP contribution in [0.4, 0.5) is 18.9 Å². The number of anilines is 1. The van der Waals surface area contributed by atoms with E-state index in [0.29, 0.717) is 10.4 Å². The number of carbonyl (C=O) groups is 1. The first kappa shape index (κ1) is 19.8. The molecule has 0 aliphatic rings. The lowest BCUT2D eigenvalue weighted by Gasteiger charge is -2.28. The van der Waals surface area contributed by atoms with Crippen molar-refractivity contribution in [3.8, 4) is 0 Å². The van der Waals surface area contributed by atoms with E-state index in [2.05, 4.69) is 0 Å². The van der Waals surface area contributed by atoms with Gasteiger partial charge < -0.3 is 5.11 Å². The molecule has 0 aromatic heterocycles. The van der Waals surface area contributed by atoms with Crippen molar-refractivity contribution >= 4 is 21.7 Å². The van der Waals surface area contributed by atoms with E-state index in [1.807, 2.05) is 0 Å². The van der Waals surface area contributed by atoms with Crippen LogP contribution in [0.25, 0.3) is 0 Å². The molecule has 0 amide bonds. The molecule has 0 aliphatic heterocycles. The second-order valence-corrected chi connectivity index (χ2v) is 7.49. The Labute approximate surface area is 148 Å². The number of carboxylic acid groups (broad SMARTS) is 1. The molecule has 1 unspecified atom stereocenters. The Hall–Kier alpha value is -2.55. The smallest absolute Gasteiger partial charge is 0.416 e. The lowest BCUT2D eigenvalue weighted by atomic mass is 10.2. The van der Waals surface area contributed by atoms with Crippen LogP contribution in [0, 0.1) is 6.92 Å². The Morgan fingerprint density at radius 1 is 1.12 bits per heavy atom. The molecule has 1 N–H and O–H groups in total. The van der Waals surface area contributed by atoms with E-state index in [1.165, 1.54) is 24.3 Å². The largest absolute Gasteiger partial charge is 0.480 e. The van der Waals surface area contributed by atoms with Crippen LogP contribution in [0.5, 0.6) is 0 Å². The van der Waals surface area contributed by atoms with Crippen LogP contribution in [0.2, 0.25) is 0 Å². The summed E-state index contributed by atoms with van der Waals surface area (Å²) in [6, 6.07) is 7.54. The lowest BCUT2D eigenvalue weighted by molar-refractivity contribution is -0.138. The number of benzene rings is 2. The first-order valence-electron chi connectivity index (χ1n) is 7.46. The molecule has 0 saturated carbocycles. The summed E-state index contributed by atoms with van der Waals surface area (Å²) in [5, 5.41) is 9.27. The average molecular weight is 387 g/mol. The van der Waals surface area contributed by atoms with Gasteiger partial charge in [0.15, 0.2) is 0 Å². The number of hydrogen-bond donors (Lipinski definition) is 1. The average Bonchev–Trinajstić information content (AvgIpc) is 2.54. The molecule has 0 heterocycles. The van der Waals surface area contributed by atoms with E-state index < -0.39 is 33.8 Å². The second kappa shape index (κ2) is 6.99. The van der Waals surface area contributed by atoms with E-state index in [-0.39, 0.29) is 10.6 Å². The van der Waals surface area contributed by atoms with E-state index in [1.54, 1.807) is 6.92 Å². The van der Waals surface area contributed by atoms with Crippen molar-refractivity contribution in [3.05, 3.63) is 59.7 Å². The zero-order valence-electron chi connectivity index (χ0n) is 13.9. The Balaban J connectivity index is 2.65. The first-order valence-corrected chi connectivity index (χ1v) is 8.90. The Kier molecular flexibility index (Phi) is 5.31. The molecule has 1 atom stereocenters. The molecule has 0 spiro atoms. The normalized spacial score (nSPS) is 13.3. The van der Waals surface area contributed by atoms with Crippen LogP contribution in [0.15, 0.2) is 53.4 Å². The quantitative estimate of drug-likeness (QED) is 0.849. The van der Waals surface area contributed by atoms with Gasteiger partial charge in [0, 0.05) is 0 Å². The number of aryl methyl sites for hydroxylation is 1. The van der Waals surface area contributed by atoms with Crippen LogP contribution in [-0.4, -0.2) is 25.5 Å². The summed E-state index contributed by atoms with van der Waals surface area (Å²) in [5.74, 6) is -1.49. The summed E-state index contributed by atoms with van der Waals surface area (Å²) in [6.45, 7) is 2.83. The SMILES string of the molecule is Cc1ccc(S(=O)(=O)N(c2cccc(C(F)(F)F)c2)C(C)C(=O)O)cc1. The van der Waals surface area contributed by atoms with E-state index in [9.17, 15) is 31.5 Å². The number of alkyl halides is 3. The molecular weight excluding hydrogens is 371 g/mol. The van der Waals surface area contributed by atoms with Gasteiger partial charge in [0.2, 0.25) is 0 Å². The highest BCUT2D eigenvalue weighted by Gasteiger charge is 2.36. The summed E-state index contributed by atoms with van der Waals surface area (Å²) in [5.41, 5.74) is -0.673. The van der Waals surface area contributed by atoms with Crippen molar-refractivity contribution < 1.29 is 31.5 Å². The first-order chi connectivity index (χ1) is 11.9. The third-order valence-corrected chi connectivity index (χ3v) is 5.63. The van der Waals surface area contributed by atoms with Gasteiger partial charge in [-0.05, 0) is 44.2 Å². The van der Waals surface area contributed by atoms with Gasteiger partial charge in [-0.1, -0.05) is 23.8 Å². The second-order valence-electron chi connectivity index (χ2n) is 5.68. The fourth-order valence-corrected chi connectivity index (χ4v) is 3.92. The molecule has 2 aromatic rings. The molecule has 0 fully saturated rings. The zero-order chi connectivity index (χ0) is 19.7. The minimum Gasteiger partial charge on any atom is -0.480 e. The minimum absolute atomic E-state index is 0.214. The Bertz CT molecular complexity index is 908. The van der Waals surface area contributed by atoms with Crippen LogP contribution in [-0.2, 0) is 21.0 Å². The predicted octanol–water partition coefficient (Wildman–Crippen LogP) is 3.68. The molecule has 0 radical (unpaired) electrons. The maximum Gasteiger partial charge on any atom is 0.416 e. The van der Waals surface area contributed by atoms with Crippen molar-refractivity contribution in [3.63, 3.8) is 0 Å². The Morgan fingerprint density at radius 3 is 2.19 bits per heavy atom. The molecular formula is C17H16F3NO4S. The molecule has 0 aliphatic carbocycles. The monoisotopic (exact) mass is 387 g/mol. The Morgan fingerprint density at radius 2 is 1.69 bits per heavy atom. The predicted molar refractivity (Wildman–Crippen MR) is 89.4 cm³/mol. The van der Waals surface area contributed by atoms with Gasteiger partial charge in [-0.2, -0.15) is 13.2 Å².